The van der Waals surface area contributed by atoms with E-state index in [2.05, 4.69) is 9.72 Å². The summed E-state index contributed by atoms with van der Waals surface area (Å²) in [5.41, 5.74) is -2.41. The molecule has 0 aromatic carbocycles. The Bertz CT molecular complexity index is 388. The number of ether oxygens (including phenoxy) is 1. The SMILES string of the molecule is COc1nc(C(F)F)cc(C(F)(F)F)c1C. The molecule has 2 nitrogen and oxygen atoms in total. The Labute approximate surface area is 88.1 Å². The van der Waals surface area contributed by atoms with Crippen molar-refractivity contribution >= 4 is 0 Å². The van der Waals surface area contributed by atoms with Crippen molar-refractivity contribution in [1.82, 2.24) is 4.98 Å². The normalized spacial score (nSPS) is 12.0. The molecule has 0 atom stereocenters. The van der Waals surface area contributed by atoms with Crippen LogP contribution in [0.25, 0.3) is 0 Å². The van der Waals surface area contributed by atoms with Crippen molar-refractivity contribution in [3.05, 3.63) is 22.9 Å². The van der Waals surface area contributed by atoms with Gasteiger partial charge in [-0.3, -0.25) is 0 Å². The molecule has 0 aliphatic carbocycles. The average Bonchev–Trinajstić information content (AvgIpc) is 2.15. The third-order valence-corrected chi connectivity index (χ3v) is 1.97. The summed E-state index contributed by atoms with van der Waals surface area (Å²) in [6.45, 7) is 1.11. The summed E-state index contributed by atoms with van der Waals surface area (Å²) in [5, 5.41) is 0. The van der Waals surface area contributed by atoms with Crippen molar-refractivity contribution in [2.75, 3.05) is 7.11 Å². The van der Waals surface area contributed by atoms with Crippen LogP contribution in [0.5, 0.6) is 5.88 Å². The van der Waals surface area contributed by atoms with E-state index in [1.807, 2.05) is 0 Å². The van der Waals surface area contributed by atoms with Gasteiger partial charge in [0.1, 0.15) is 5.69 Å². The maximum Gasteiger partial charge on any atom is 0.416 e. The first-order valence-electron chi connectivity index (χ1n) is 4.18. The van der Waals surface area contributed by atoms with E-state index in [-0.39, 0.29) is 5.56 Å². The summed E-state index contributed by atoms with van der Waals surface area (Å²) in [5.74, 6) is -0.440. The molecule has 0 amide bonds. The largest absolute Gasteiger partial charge is 0.481 e. The number of aromatic nitrogens is 1. The van der Waals surface area contributed by atoms with Crippen LogP contribution >= 0.6 is 0 Å². The van der Waals surface area contributed by atoms with Crippen LogP contribution in [-0.2, 0) is 6.18 Å². The Kier molecular flexibility index (Phi) is 3.35. The van der Waals surface area contributed by atoms with E-state index in [9.17, 15) is 22.0 Å². The lowest BCUT2D eigenvalue weighted by atomic mass is 10.1. The summed E-state index contributed by atoms with van der Waals surface area (Å²) < 4.78 is 66.6. The predicted molar refractivity (Wildman–Crippen MR) is 45.5 cm³/mol. The van der Waals surface area contributed by atoms with Crippen LogP contribution in [0.3, 0.4) is 0 Å². The van der Waals surface area contributed by atoms with Gasteiger partial charge < -0.3 is 4.74 Å². The lowest BCUT2D eigenvalue weighted by Gasteiger charge is -2.14. The molecule has 0 aliphatic rings. The van der Waals surface area contributed by atoms with Gasteiger partial charge in [-0.2, -0.15) is 13.2 Å². The molecule has 0 radical (unpaired) electrons. The number of nitrogens with zero attached hydrogens (tertiary/aromatic N) is 1. The standard InChI is InChI=1S/C9H8F5NO/c1-4-5(9(12,13)14)3-6(7(10)11)15-8(4)16-2/h3,7H,1-2H3. The molecular weight excluding hydrogens is 233 g/mol. The van der Waals surface area contributed by atoms with Crippen LogP contribution < -0.4 is 4.74 Å². The molecule has 1 rings (SSSR count). The minimum atomic E-state index is -4.70. The lowest BCUT2D eigenvalue weighted by molar-refractivity contribution is -0.138. The van der Waals surface area contributed by atoms with Gasteiger partial charge in [-0.1, -0.05) is 0 Å². The highest BCUT2D eigenvalue weighted by Gasteiger charge is 2.35. The van der Waals surface area contributed by atoms with E-state index in [0.717, 1.165) is 14.0 Å². The van der Waals surface area contributed by atoms with E-state index < -0.39 is 29.7 Å². The molecule has 0 aliphatic heterocycles. The predicted octanol–water partition coefficient (Wildman–Crippen LogP) is 3.36. The Morgan fingerprint density at radius 2 is 1.88 bits per heavy atom. The fourth-order valence-corrected chi connectivity index (χ4v) is 1.21. The topological polar surface area (TPSA) is 22.1 Å². The number of alkyl halides is 5. The average molecular weight is 241 g/mol. The highest BCUT2D eigenvalue weighted by molar-refractivity contribution is 5.37. The third-order valence-electron chi connectivity index (χ3n) is 1.97. The number of hydrogen-bond donors (Lipinski definition) is 0. The Morgan fingerprint density at radius 3 is 2.25 bits per heavy atom. The number of pyridine rings is 1. The quantitative estimate of drug-likeness (QED) is 0.740. The van der Waals surface area contributed by atoms with Gasteiger partial charge in [0.15, 0.2) is 0 Å². The molecule has 0 bridgehead atoms. The van der Waals surface area contributed by atoms with Crippen molar-refractivity contribution in [3.8, 4) is 5.88 Å². The number of rotatable bonds is 2. The molecule has 90 valence electrons. The second-order valence-corrected chi connectivity index (χ2v) is 3.03. The van der Waals surface area contributed by atoms with Gasteiger partial charge in [0.05, 0.1) is 12.7 Å². The zero-order chi connectivity index (χ0) is 12.5. The molecule has 0 saturated carbocycles. The molecule has 7 heteroatoms. The van der Waals surface area contributed by atoms with E-state index in [1.54, 1.807) is 0 Å². The number of hydrogen-bond acceptors (Lipinski definition) is 2. The van der Waals surface area contributed by atoms with Crippen LogP contribution in [0, 0.1) is 6.92 Å². The first-order valence-corrected chi connectivity index (χ1v) is 4.18. The summed E-state index contributed by atoms with van der Waals surface area (Å²) in [6, 6.07) is 0.336. The zero-order valence-corrected chi connectivity index (χ0v) is 8.40. The van der Waals surface area contributed by atoms with Crippen molar-refractivity contribution < 1.29 is 26.7 Å². The highest BCUT2D eigenvalue weighted by atomic mass is 19.4. The lowest BCUT2D eigenvalue weighted by Crippen LogP contribution is -2.11. The summed E-state index contributed by atoms with van der Waals surface area (Å²) in [7, 11) is 1.07. The highest BCUT2D eigenvalue weighted by Crippen LogP contribution is 2.36. The van der Waals surface area contributed by atoms with Crippen LogP contribution in [-0.4, -0.2) is 12.1 Å². The van der Waals surface area contributed by atoms with Gasteiger partial charge in [-0.25, -0.2) is 13.8 Å². The van der Waals surface area contributed by atoms with Crippen molar-refractivity contribution in [1.29, 1.82) is 0 Å². The molecule has 1 heterocycles. The third kappa shape index (κ3) is 2.40. The first kappa shape index (κ1) is 12.7. The van der Waals surface area contributed by atoms with E-state index in [4.69, 9.17) is 0 Å². The molecule has 1 aromatic rings. The van der Waals surface area contributed by atoms with Crippen molar-refractivity contribution in [2.24, 2.45) is 0 Å². The monoisotopic (exact) mass is 241 g/mol. The summed E-state index contributed by atoms with van der Waals surface area (Å²) >= 11 is 0. The molecule has 16 heavy (non-hydrogen) atoms. The van der Waals surface area contributed by atoms with E-state index in [1.165, 1.54) is 0 Å². The molecule has 0 spiro atoms. The Balaban J connectivity index is 3.42. The van der Waals surface area contributed by atoms with Gasteiger partial charge in [0, 0.05) is 5.56 Å². The van der Waals surface area contributed by atoms with Crippen molar-refractivity contribution in [3.63, 3.8) is 0 Å². The van der Waals surface area contributed by atoms with Crippen LogP contribution in [0.15, 0.2) is 6.07 Å². The molecule has 0 fully saturated rings. The van der Waals surface area contributed by atoms with Gasteiger partial charge in [-0.05, 0) is 13.0 Å². The second-order valence-electron chi connectivity index (χ2n) is 3.03. The van der Waals surface area contributed by atoms with Gasteiger partial charge in [-0.15, -0.1) is 0 Å². The van der Waals surface area contributed by atoms with Gasteiger partial charge in [0.25, 0.3) is 6.43 Å². The van der Waals surface area contributed by atoms with Crippen LogP contribution in [0.2, 0.25) is 0 Å². The molecule has 0 N–H and O–H groups in total. The smallest absolute Gasteiger partial charge is 0.416 e. The maximum atomic E-state index is 12.5. The fourth-order valence-electron chi connectivity index (χ4n) is 1.21. The second kappa shape index (κ2) is 4.23. The minimum Gasteiger partial charge on any atom is -0.481 e. The van der Waals surface area contributed by atoms with E-state index in [0.29, 0.717) is 6.07 Å². The first-order chi connectivity index (χ1) is 7.27. The molecule has 0 saturated heterocycles. The Morgan fingerprint density at radius 1 is 1.31 bits per heavy atom. The molecular formula is C9H8F5NO. The molecule has 0 unspecified atom stereocenters. The zero-order valence-electron chi connectivity index (χ0n) is 8.40. The minimum absolute atomic E-state index is 0.306. The number of halogens is 5. The fraction of sp³-hybridized carbons (Fsp3) is 0.444. The maximum absolute atomic E-state index is 12.5. The van der Waals surface area contributed by atoms with Crippen LogP contribution in [0.4, 0.5) is 22.0 Å². The van der Waals surface area contributed by atoms with Gasteiger partial charge in [0.2, 0.25) is 5.88 Å². The van der Waals surface area contributed by atoms with Crippen LogP contribution in [0.1, 0.15) is 23.2 Å². The van der Waals surface area contributed by atoms with E-state index >= 15 is 0 Å². The molecule has 1 aromatic heterocycles. The van der Waals surface area contributed by atoms with Crippen molar-refractivity contribution in [2.45, 2.75) is 19.5 Å². The Hall–Kier alpha value is -1.40. The van der Waals surface area contributed by atoms with Gasteiger partial charge >= 0.3 is 6.18 Å². The summed E-state index contributed by atoms with van der Waals surface area (Å²) in [6.07, 6.45) is -7.78. The number of methoxy groups -OCH3 is 1. The summed E-state index contributed by atoms with van der Waals surface area (Å²) in [4.78, 5) is 3.29.